The molecule has 0 bridgehead atoms. The third-order valence-electron chi connectivity index (χ3n) is 3.55. The van der Waals surface area contributed by atoms with Crippen molar-refractivity contribution in [2.24, 2.45) is 5.92 Å². The molecule has 0 aliphatic heterocycles. The summed E-state index contributed by atoms with van der Waals surface area (Å²) in [5, 5.41) is 17.5. The molecule has 0 radical (unpaired) electrons. The Morgan fingerprint density at radius 2 is 1.33 bits per heavy atom. The van der Waals surface area contributed by atoms with Gasteiger partial charge in [0, 0.05) is 5.57 Å². The molecular formula is C17H28O7. The van der Waals surface area contributed by atoms with Gasteiger partial charge in [0.25, 0.3) is 0 Å². The average molecular weight is 344 g/mol. The molecule has 0 aliphatic rings. The van der Waals surface area contributed by atoms with Gasteiger partial charge >= 0.3 is 17.9 Å². The van der Waals surface area contributed by atoms with E-state index in [-0.39, 0.29) is 6.42 Å². The Bertz CT molecular complexity index is 403. The van der Waals surface area contributed by atoms with Crippen LogP contribution in [-0.4, -0.2) is 34.7 Å². The molecule has 0 aromatic rings. The summed E-state index contributed by atoms with van der Waals surface area (Å²) < 4.78 is 0. The first kappa shape index (κ1) is 22.1. The smallest absolute Gasteiger partial charge is 0.368 e. The number of carboxylic acid groups (broad SMARTS) is 2. The molecule has 0 heterocycles. The third-order valence-corrected chi connectivity index (χ3v) is 3.55. The summed E-state index contributed by atoms with van der Waals surface area (Å²) in [4.78, 5) is 41.7. The molecule has 0 saturated heterocycles. The van der Waals surface area contributed by atoms with Crippen LogP contribution in [0.4, 0.5) is 0 Å². The number of carbonyl (C=O) groups is 3. The summed E-state index contributed by atoms with van der Waals surface area (Å²) in [5.74, 6) is -4.37. The van der Waals surface area contributed by atoms with Crippen molar-refractivity contribution in [1.29, 1.82) is 0 Å². The molecule has 0 rings (SSSR count). The first-order chi connectivity index (χ1) is 11.4. The van der Waals surface area contributed by atoms with E-state index in [1.54, 1.807) is 6.92 Å². The van der Waals surface area contributed by atoms with Crippen molar-refractivity contribution in [1.82, 2.24) is 0 Å². The minimum Gasteiger partial charge on any atom is -0.481 e. The van der Waals surface area contributed by atoms with E-state index in [0.29, 0.717) is 18.6 Å². The Hall–Kier alpha value is -1.89. The first-order valence-corrected chi connectivity index (χ1v) is 8.31. The normalized spacial score (nSPS) is 10.6. The maximum atomic E-state index is 11.0. The highest BCUT2D eigenvalue weighted by molar-refractivity contribution is 5.92. The second-order valence-corrected chi connectivity index (χ2v) is 5.82. The predicted octanol–water partition coefficient (Wildman–Crippen LogP) is 3.33. The summed E-state index contributed by atoms with van der Waals surface area (Å²) in [7, 11) is 0. The second kappa shape index (κ2) is 13.5. The maximum Gasteiger partial charge on any atom is 0.368 e. The average Bonchev–Trinajstić information content (AvgIpc) is 2.50. The zero-order valence-corrected chi connectivity index (χ0v) is 14.3. The third kappa shape index (κ3) is 11.6. The van der Waals surface area contributed by atoms with E-state index in [4.69, 9.17) is 15.1 Å². The zero-order valence-electron chi connectivity index (χ0n) is 14.3. The quantitative estimate of drug-likeness (QED) is 0.154. The van der Waals surface area contributed by atoms with Crippen LogP contribution >= 0.6 is 0 Å². The van der Waals surface area contributed by atoms with E-state index >= 15 is 0 Å². The van der Waals surface area contributed by atoms with Crippen LogP contribution in [0.1, 0.15) is 64.7 Å². The molecule has 7 nitrogen and oxygen atoms in total. The minimum absolute atomic E-state index is 0.185. The highest BCUT2D eigenvalue weighted by atomic mass is 17.2. The number of carbonyl (C=O) groups excluding carboxylic acids is 1. The van der Waals surface area contributed by atoms with Crippen molar-refractivity contribution in [2.45, 2.75) is 64.7 Å². The SMILES string of the molecule is C=C(C)C(=O)OOCCCCCCCCCCC(C(=O)O)C(=O)O. The fraction of sp³-hybridized carbons (Fsp3) is 0.706. The summed E-state index contributed by atoms with van der Waals surface area (Å²) in [5.41, 5.74) is 0.299. The van der Waals surface area contributed by atoms with Crippen LogP contribution in [-0.2, 0) is 24.2 Å². The second-order valence-electron chi connectivity index (χ2n) is 5.82. The molecule has 0 aromatic carbocycles. The molecule has 0 spiro atoms. The molecule has 7 heteroatoms. The van der Waals surface area contributed by atoms with Gasteiger partial charge in [-0.15, -0.1) is 0 Å². The molecule has 0 fully saturated rings. The van der Waals surface area contributed by atoms with Crippen molar-refractivity contribution in [2.75, 3.05) is 6.61 Å². The van der Waals surface area contributed by atoms with Crippen molar-refractivity contribution in [3.63, 3.8) is 0 Å². The van der Waals surface area contributed by atoms with Crippen LogP contribution in [0.15, 0.2) is 12.2 Å². The van der Waals surface area contributed by atoms with Crippen molar-refractivity contribution in [3.05, 3.63) is 12.2 Å². The summed E-state index contributed by atoms with van der Waals surface area (Å²) in [6, 6.07) is 0. The van der Waals surface area contributed by atoms with Crippen LogP contribution in [0.5, 0.6) is 0 Å². The lowest BCUT2D eigenvalue weighted by molar-refractivity contribution is -0.268. The highest BCUT2D eigenvalue weighted by Gasteiger charge is 2.24. The van der Waals surface area contributed by atoms with E-state index in [0.717, 1.165) is 44.9 Å². The number of rotatable bonds is 15. The van der Waals surface area contributed by atoms with E-state index in [1.165, 1.54) is 0 Å². The van der Waals surface area contributed by atoms with Gasteiger partial charge in [0.2, 0.25) is 0 Å². The van der Waals surface area contributed by atoms with Gasteiger partial charge in [-0.3, -0.25) is 14.5 Å². The number of hydrogen-bond donors (Lipinski definition) is 2. The Morgan fingerprint density at radius 1 is 0.875 bits per heavy atom. The lowest BCUT2D eigenvalue weighted by Crippen LogP contribution is -2.23. The van der Waals surface area contributed by atoms with E-state index < -0.39 is 23.8 Å². The summed E-state index contributed by atoms with van der Waals surface area (Å²) >= 11 is 0. The van der Waals surface area contributed by atoms with E-state index in [2.05, 4.69) is 11.5 Å². The van der Waals surface area contributed by atoms with Crippen molar-refractivity contribution < 1.29 is 34.4 Å². The Labute approximate surface area is 142 Å². The van der Waals surface area contributed by atoms with Gasteiger partial charge in [-0.1, -0.05) is 51.5 Å². The zero-order chi connectivity index (χ0) is 18.4. The first-order valence-electron chi connectivity index (χ1n) is 8.31. The van der Waals surface area contributed by atoms with Gasteiger partial charge < -0.3 is 10.2 Å². The standard InChI is InChI=1S/C17H28O7/c1-13(2)17(22)24-23-12-10-8-6-4-3-5-7-9-11-14(15(18)19)16(20)21/h14H,1,3-12H2,2H3,(H,18,19)(H,20,21). The molecule has 0 aromatic heterocycles. The number of aliphatic carboxylic acids is 2. The van der Waals surface area contributed by atoms with Gasteiger partial charge in [0.05, 0.1) is 6.61 Å². The van der Waals surface area contributed by atoms with Crippen LogP contribution in [0, 0.1) is 5.92 Å². The van der Waals surface area contributed by atoms with Crippen LogP contribution in [0.2, 0.25) is 0 Å². The summed E-state index contributed by atoms with van der Waals surface area (Å²) in [6.45, 7) is 5.36. The van der Waals surface area contributed by atoms with Crippen molar-refractivity contribution in [3.8, 4) is 0 Å². The fourth-order valence-corrected chi connectivity index (χ4v) is 2.09. The molecule has 0 aliphatic carbocycles. The van der Waals surface area contributed by atoms with Gasteiger partial charge in [-0.2, -0.15) is 4.89 Å². The topological polar surface area (TPSA) is 110 Å². The monoisotopic (exact) mass is 344 g/mol. The van der Waals surface area contributed by atoms with Gasteiger partial charge in [-0.05, 0) is 19.8 Å². The maximum absolute atomic E-state index is 11.0. The fourth-order valence-electron chi connectivity index (χ4n) is 2.09. The molecule has 0 atom stereocenters. The lowest BCUT2D eigenvalue weighted by atomic mass is 10.0. The van der Waals surface area contributed by atoms with Crippen LogP contribution in [0.25, 0.3) is 0 Å². The molecule has 0 amide bonds. The van der Waals surface area contributed by atoms with Crippen LogP contribution < -0.4 is 0 Å². The predicted molar refractivity (Wildman–Crippen MR) is 87.2 cm³/mol. The minimum atomic E-state index is -1.29. The Balaban J connectivity index is 3.37. The lowest BCUT2D eigenvalue weighted by Gasteiger charge is -2.07. The molecule has 138 valence electrons. The van der Waals surface area contributed by atoms with Gasteiger partial charge in [0.1, 0.15) is 0 Å². The Kier molecular flexibility index (Phi) is 12.5. The molecular weight excluding hydrogens is 316 g/mol. The molecule has 24 heavy (non-hydrogen) atoms. The number of hydrogen-bond acceptors (Lipinski definition) is 5. The van der Waals surface area contributed by atoms with Crippen molar-refractivity contribution >= 4 is 17.9 Å². The van der Waals surface area contributed by atoms with E-state index in [1.807, 2.05) is 0 Å². The molecule has 0 unspecified atom stereocenters. The number of carboxylic acids is 2. The van der Waals surface area contributed by atoms with Gasteiger partial charge in [0.15, 0.2) is 5.92 Å². The summed E-state index contributed by atoms with van der Waals surface area (Å²) in [6.07, 6.45) is 7.55. The molecule has 0 saturated carbocycles. The highest BCUT2D eigenvalue weighted by Crippen LogP contribution is 2.14. The van der Waals surface area contributed by atoms with Crippen LogP contribution in [0.3, 0.4) is 0 Å². The molecule has 2 N–H and O–H groups in total. The van der Waals surface area contributed by atoms with Gasteiger partial charge in [-0.25, -0.2) is 4.79 Å². The van der Waals surface area contributed by atoms with E-state index in [9.17, 15) is 14.4 Å². The number of unbranched alkanes of at least 4 members (excludes halogenated alkanes) is 7. The Morgan fingerprint density at radius 3 is 1.79 bits per heavy atom. The largest absolute Gasteiger partial charge is 0.481 e.